The van der Waals surface area contributed by atoms with Gasteiger partial charge in [0.1, 0.15) is 23.2 Å². The van der Waals surface area contributed by atoms with E-state index in [-0.39, 0.29) is 17.5 Å². The Hall–Kier alpha value is -2.17. The number of Topliss-reactive ketones (excluding diaryl/α,β-unsaturated/α-hetero) is 2. The van der Waals surface area contributed by atoms with Gasteiger partial charge >= 0.3 is 0 Å². The van der Waals surface area contributed by atoms with Crippen molar-refractivity contribution < 1.29 is 19.1 Å². The number of rotatable bonds is 5. The summed E-state index contributed by atoms with van der Waals surface area (Å²) in [6, 6.07) is 11.0. The number of aryl methyl sites for hydroxylation is 2. The first-order chi connectivity index (χ1) is 14.4. The van der Waals surface area contributed by atoms with E-state index in [1.807, 2.05) is 38.1 Å². The van der Waals surface area contributed by atoms with Crippen LogP contribution in [0.1, 0.15) is 48.3 Å². The van der Waals surface area contributed by atoms with E-state index < -0.39 is 5.92 Å². The Morgan fingerprint density at radius 2 is 1.63 bits per heavy atom. The molecule has 30 heavy (non-hydrogen) atoms. The molecular weight excluding hydrogens is 400 g/mol. The van der Waals surface area contributed by atoms with E-state index in [1.165, 1.54) is 0 Å². The topological polar surface area (TPSA) is 52.6 Å². The predicted octanol–water partition coefficient (Wildman–Crippen LogP) is 5.81. The number of carbonyl (C=O) groups is 2. The minimum Gasteiger partial charge on any atom is -0.457 e. The second-order valence-corrected chi connectivity index (χ2v) is 8.96. The molecule has 0 amide bonds. The van der Waals surface area contributed by atoms with Crippen LogP contribution in [0.4, 0.5) is 0 Å². The molecule has 2 aromatic carbocycles. The summed E-state index contributed by atoms with van der Waals surface area (Å²) in [4.78, 5) is 26.1. The van der Waals surface area contributed by atoms with E-state index in [9.17, 15) is 9.59 Å². The highest BCUT2D eigenvalue weighted by Gasteiger charge is 2.43. The number of hydrogen-bond acceptors (Lipinski definition) is 4. The van der Waals surface area contributed by atoms with Crippen LogP contribution in [0.25, 0.3) is 0 Å². The number of ketones is 2. The molecule has 4 rings (SSSR count). The second-order valence-electron chi connectivity index (χ2n) is 8.52. The first kappa shape index (κ1) is 21.1. The van der Waals surface area contributed by atoms with Crippen LogP contribution < -0.4 is 4.74 Å². The minimum absolute atomic E-state index is 0.0506. The Kier molecular flexibility index (Phi) is 6.26. The van der Waals surface area contributed by atoms with Crippen molar-refractivity contribution in [3.8, 4) is 11.5 Å². The molecule has 4 nitrogen and oxygen atoms in total. The van der Waals surface area contributed by atoms with Crippen LogP contribution in [0, 0.1) is 25.7 Å². The summed E-state index contributed by atoms with van der Waals surface area (Å²) < 4.78 is 11.4. The molecule has 0 N–H and O–H groups in total. The zero-order valence-electron chi connectivity index (χ0n) is 17.4. The third kappa shape index (κ3) is 4.45. The molecule has 2 unspecified atom stereocenters. The van der Waals surface area contributed by atoms with Gasteiger partial charge in [-0.25, -0.2) is 0 Å². The second kappa shape index (κ2) is 8.91. The number of carbonyl (C=O) groups excluding carboxylic acids is 2. The molecule has 0 spiro atoms. The summed E-state index contributed by atoms with van der Waals surface area (Å²) in [6.07, 6.45) is 3.14. The Balaban J connectivity index is 1.53. The average molecular weight is 427 g/mol. The lowest BCUT2D eigenvalue weighted by molar-refractivity contribution is -0.125. The van der Waals surface area contributed by atoms with Crippen molar-refractivity contribution in [2.24, 2.45) is 11.8 Å². The number of benzene rings is 2. The first-order valence-corrected chi connectivity index (χ1v) is 11.0. The standard InChI is InChI=1S/C25H27ClO4/c1-15-11-21(30-20-5-3-19(26)4-6-20)12-16(2)23(15)24-22(27)14-18(25(24)28)13-17-7-9-29-10-8-17/h3-6,11-12,17-18,24H,7-10,13-14H2,1-2H3. The van der Waals surface area contributed by atoms with Crippen molar-refractivity contribution in [1.29, 1.82) is 0 Å². The van der Waals surface area contributed by atoms with Gasteiger partial charge in [-0.15, -0.1) is 0 Å². The molecule has 1 saturated heterocycles. The molecule has 1 aliphatic heterocycles. The monoisotopic (exact) mass is 426 g/mol. The lowest BCUT2D eigenvalue weighted by Gasteiger charge is -2.24. The molecule has 1 aliphatic carbocycles. The highest BCUT2D eigenvalue weighted by atomic mass is 35.5. The van der Waals surface area contributed by atoms with Crippen molar-refractivity contribution in [2.75, 3.05) is 13.2 Å². The summed E-state index contributed by atoms with van der Waals surface area (Å²) in [5, 5.41) is 0.652. The maximum atomic E-state index is 13.2. The van der Waals surface area contributed by atoms with Crippen LogP contribution >= 0.6 is 11.6 Å². The summed E-state index contributed by atoms with van der Waals surface area (Å²) in [6.45, 7) is 5.42. The minimum atomic E-state index is -0.639. The molecule has 1 heterocycles. The van der Waals surface area contributed by atoms with Gasteiger partial charge in [0.25, 0.3) is 0 Å². The van der Waals surface area contributed by atoms with Gasteiger partial charge in [-0.2, -0.15) is 0 Å². The SMILES string of the molecule is Cc1cc(Oc2ccc(Cl)cc2)cc(C)c1C1C(=O)CC(CC2CCOCC2)C1=O. The van der Waals surface area contributed by atoms with Crippen molar-refractivity contribution in [3.63, 3.8) is 0 Å². The predicted molar refractivity (Wildman–Crippen MR) is 116 cm³/mol. The normalized spacial score (nSPS) is 22.5. The van der Waals surface area contributed by atoms with Crippen molar-refractivity contribution in [1.82, 2.24) is 0 Å². The summed E-state index contributed by atoms with van der Waals surface area (Å²) in [5.41, 5.74) is 2.68. The van der Waals surface area contributed by atoms with E-state index in [0.717, 1.165) is 49.2 Å². The fraction of sp³-hybridized carbons (Fsp3) is 0.440. The van der Waals surface area contributed by atoms with Crippen molar-refractivity contribution >= 4 is 23.2 Å². The lowest BCUT2D eigenvalue weighted by atomic mass is 9.84. The Morgan fingerprint density at radius 3 is 2.27 bits per heavy atom. The molecule has 0 radical (unpaired) electrons. The van der Waals surface area contributed by atoms with Crippen molar-refractivity contribution in [3.05, 3.63) is 58.1 Å². The molecule has 0 bridgehead atoms. The van der Waals surface area contributed by atoms with Gasteiger partial charge in [-0.1, -0.05) is 11.6 Å². The molecule has 0 aromatic heterocycles. The largest absolute Gasteiger partial charge is 0.457 e. The zero-order chi connectivity index (χ0) is 21.3. The van der Waals surface area contributed by atoms with Crippen LogP contribution in [0.2, 0.25) is 5.02 Å². The van der Waals surface area contributed by atoms with E-state index in [1.54, 1.807) is 12.1 Å². The van der Waals surface area contributed by atoms with Gasteiger partial charge < -0.3 is 9.47 Å². The van der Waals surface area contributed by atoms with Crippen LogP contribution in [0.3, 0.4) is 0 Å². The Labute approximate surface area is 182 Å². The Morgan fingerprint density at radius 1 is 1.00 bits per heavy atom. The molecular formula is C25H27ClO4. The Bertz CT molecular complexity index is 921. The molecule has 2 atom stereocenters. The van der Waals surface area contributed by atoms with E-state index in [4.69, 9.17) is 21.1 Å². The van der Waals surface area contributed by atoms with Gasteiger partial charge in [0, 0.05) is 30.6 Å². The van der Waals surface area contributed by atoms with Crippen LogP contribution in [-0.4, -0.2) is 24.8 Å². The van der Waals surface area contributed by atoms with Gasteiger partial charge in [0.15, 0.2) is 5.78 Å². The maximum Gasteiger partial charge on any atom is 0.151 e. The van der Waals surface area contributed by atoms with Gasteiger partial charge in [-0.3, -0.25) is 9.59 Å². The highest BCUT2D eigenvalue weighted by molar-refractivity contribution is 6.30. The van der Waals surface area contributed by atoms with E-state index in [0.29, 0.717) is 28.9 Å². The molecule has 1 saturated carbocycles. The zero-order valence-corrected chi connectivity index (χ0v) is 18.2. The number of hydrogen-bond donors (Lipinski definition) is 0. The molecule has 2 aromatic rings. The molecule has 158 valence electrons. The van der Waals surface area contributed by atoms with Gasteiger partial charge in [0.2, 0.25) is 0 Å². The lowest BCUT2D eigenvalue weighted by Crippen LogP contribution is -2.22. The van der Waals surface area contributed by atoms with Gasteiger partial charge in [-0.05, 0) is 92.1 Å². The number of halogens is 1. The average Bonchev–Trinajstić information content (AvgIpc) is 2.98. The van der Waals surface area contributed by atoms with E-state index >= 15 is 0 Å². The highest BCUT2D eigenvalue weighted by Crippen LogP contribution is 2.40. The molecule has 5 heteroatoms. The van der Waals surface area contributed by atoms with Crippen LogP contribution in [0.15, 0.2) is 36.4 Å². The summed E-state index contributed by atoms with van der Waals surface area (Å²) in [5.74, 6) is 1.20. The summed E-state index contributed by atoms with van der Waals surface area (Å²) in [7, 11) is 0. The fourth-order valence-electron chi connectivity index (χ4n) is 4.83. The van der Waals surface area contributed by atoms with Crippen LogP contribution in [-0.2, 0) is 14.3 Å². The molecule has 2 fully saturated rings. The van der Waals surface area contributed by atoms with E-state index in [2.05, 4.69) is 0 Å². The quantitative estimate of drug-likeness (QED) is 0.566. The van der Waals surface area contributed by atoms with Crippen molar-refractivity contribution in [2.45, 2.75) is 45.4 Å². The third-order valence-corrected chi connectivity index (χ3v) is 6.57. The molecule has 2 aliphatic rings. The third-order valence-electron chi connectivity index (χ3n) is 6.32. The first-order valence-electron chi connectivity index (χ1n) is 10.6. The number of ether oxygens (including phenoxy) is 2. The fourth-order valence-corrected chi connectivity index (χ4v) is 4.96. The van der Waals surface area contributed by atoms with Crippen LogP contribution in [0.5, 0.6) is 11.5 Å². The maximum absolute atomic E-state index is 13.2. The van der Waals surface area contributed by atoms with Gasteiger partial charge in [0.05, 0.1) is 0 Å². The smallest absolute Gasteiger partial charge is 0.151 e. The summed E-state index contributed by atoms with van der Waals surface area (Å²) >= 11 is 5.93.